The molecule has 0 spiro atoms. The van der Waals surface area contributed by atoms with Crippen LogP contribution in [0.2, 0.25) is 0 Å². The maximum atomic E-state index is 12.0. The number of ether oxygens (including phenoxy) is 3. The second-order valence-electron chi connectivity index (χ2n) is 6.21. The summed E-state index contributed by atoms with van der Waals surface area (Å²) in [5, 5.41) is 9.10. The van der Waals surface area contributed by atoms with E-state index in [-0.39, 0.29) is 24.6 Å². The summed E-state index contributed by atoms with van der Waals surface area (Å²) in [7, 11) is 0. The SMILES string of the molecule is CCOC(=O)/C(C#N)=C/c1cccc(OC(=O)CCCOc2cccc(C)c2)c1. The molecule has 0 atom stereocenters. The number of nitriles is 1. The quantitative estimate of drug-likeness (QED) is 0.208. The summed E-state index contributed by atoms with van der Waals surface area (Å²) in [5.41, 5.74) is 1.55. The third-order valence-electron chi connectivity index (χ3n) is 3.80. The Hall–Kier alpha value is -3.59. The summed E-state index contributed by atoms with van der Waals surface area (Å²) in [4.78, 5) is 23.7. The van der Waals surface area contributed by atoms with E-state index in [0.29, 0.717) is 24.3 Å². The van der Waals surface area contributed by atoms with Crippen molar-refractivity contribution >= 4 is 18.0 Å². The molecule has 0 fully saturated rings. The predicted octanol–water partition coefficient (Wildman–Crippen LogP) is 4.23. The number of rotatable bonds is 9. The minimum absolute atomic E-state index is 0.122. The highest BCUT2D eigenvalue weighted by Crippen LogP contribution is 2.17. The van der Waals surface area contributed by atoms with Crippen LogP contribution in [0, 0.1) is 18.3 Å². The molecular weight excluding hydrogens is 370 g/mol. The van der Waals surface area contributed by atoms with Crippen molar-refractivity contribution in [3.63, 3.8) is 0 Å². The number of aryl methyl sites for hydroxylation is 1. The van der Waals surface area contributed by atoms with E-state index in [0.717, 1.165) is 11.3 Å². The van der Waals surface area contributed by atoms with E-state index in [1.165, 1.54) is 6.08 Å². The third kappa shape index (κ3) is 7.51. The summed E-state index contributed by atoms with van der Waals surface area (Å²) in [6, 6.07) is 16.1. The molecule has 0 radical (unpaired) electrons. The molecule has 0 aliphatic carbocycles. The average Bonchev–Trinajstić information content (AvgIpc) is 2.70. The van der Waals surface area contributed by atoms with Crippen LogP contribution in [0.5, 0.6) is 11.5 Å². The highest BCUT2D eigenvalue weighted by molar-refractivity contribution is 5.97. The fourth-order valence-corrected chi connectivity index (χ4v) is 2.47. The Morgan fingerprint density at radius 1 is 1.10 bits per heavy atom. The molecule has 2 rings (SSSR count). The number of esters is 2. The Bertz CT molecular complexity index is 927. The van der Waals surface area contributed by atoms with Crippen molar-refractivity contribution in [1.29, 1.82) is 5.26 Å². The van der Waals surface area contributed by atoms with Crippen molar-refractivity contribution < 1.29 is 23.8 Å². The number of hydrogen-bond acceptors (Lipinski definition) is 6. The number of carbonyl (C=O) groups is 2. The largest absolute Gasteiger partial charge is 0.494 e. The topological polar surface area (TPSA) is 85.6 Å². The van der Waals surface area contributed by atoms with Gasteiger partial charge in [0.15, 0.2) is 0 Å². The van der Waals surface area contributed by atoms with E-state index < -0.39 is 5.97 Å². The maximum Gasteiger partial charge on any atom is 0.348 e. The molecule has 2 aromatic rings. The van der Waals surface area contributed by atoms with Crippen molar-refractivity contribution in [1.82, 2.24) is 0 Å². The van der Waals surface area contributed by atoms with Gasteiger partial charge in [-0.1, -0.05) is 24.3 Å². The van der Waals surface area contributed by atoms with Crippen LogP contribution in [0.15, 0.2) is 54.1 Å². The molecule has 0 heterocycles. The van der Waals surface area contributed by atoms with Crippen molar-refractivity contribution in [2.24, 2.45) is 0 Å². The van der Waals surface area contributed by atoms with E-state index in [4.69, 9.17) is 19.5 Å². The molecule has 0 saturated carbocycles. The van der Waals surface area contributed by atoms with Crippen molar-refractivity contribution in [3.8, 4) is 17.6 Å². The zero-order chi connectivity index (χ0) is 21.1. The fraction of sp³-hybridized carbons (Fsp3) is 0.261. The molecule has 6 nitrogen and oxygen atoms in total. The first-order valence-electron chi connectivity index (χ1n) is 9.31. The summed E-state index contributed by atoms with van der Waals surface area (Å²) in [6.45, 7) is 4.24. The Kier molecular flexibility index (Phi) is 8.46. The number of nitrogens with zero attached hydrogens (tertiary/aromatic N) is 1. The lowest BCUT2D eigenvalue weighted by atomic mass is 10.1. The van der Waals surface area contributed by atoms with E-state index in [1.54, 1.807) is 31.2 Å². The third-order valence-corrected chi connectivity index (χ3v) is 3.80. The van der Waals surface area contributed by atoms with Gasteiger partial charge in [0, 0.05) is 6.42 Å². The van der Waals surface area contributed by atoms with Gasteiger partial charge in [0.1, 0.15) is 23.1 Å². The van der Waals surface area contributed by atoms with Gasteiger partial charge in [-0.05, 0) is 61.7 Å². The Balaban J connectivity index is 1.86. The molecule has 0 bridgehead atoms. The van der Waals surface area contributed by atoms with Gasteiger partial charge in [-0.25, -0.2) is 4.79 Å². The standard InChI is InChI=1S/C23H23NO5/c1-3-27-23(26)19(16-24)14-18-8-5-10-21(15-18)29-22(25)11-6-12-28-20-9-4-7-17(2)13-20/h4-5,7-10,13-15H,3,6,11-12H2,1-2H3/b19-14+. The van der Waals surface area contributed by atoms with Gasteiger partial charge >= 0.3 is 11.9 Å². The molecule has 6 heteroatoms. The molecule has 0 aromatic heterocycles. The zero-order valence-electron chi connectivity index (χ0n) is 16.5. The van der Waals surface area contributed by atoms with Crippen LogP contribution in [-0.4, -0.2) is 25.2 Å². The van der Waals surface area contributed by atoms with Gasteiger partial charge in [-0.15, -0.1) is 0 Å². The lowest BCUT2D eigenvalue weighted by Crippen LogP contribution is -2.10. The van der Waals surface area contributed by atoms with Crippen LogP contribution >= 0.6 is 0 Å². The summed E-state index contributed by atoms with van der Waals surface area (Å²) < 4.78 is 15.8. The van der Waals surface area contributed by atoms with E-state index in [2.05, 4.69) is 0 Å². The van der Waals surface area contributed by atoms with Gasteiger partial charge in [-0.2, -0.15) is 5.26 Å². The normalized spacial score (nSPS) is 10.7. The molecule has 0 aliphatic rings. The first-order valence-corrected chi connectivity index (χ1v) is 9.31. The van der Waals surface area contributed by atoms with Gasteiger partial charge in [0.2, 0.25) is 0 Å². The second kappa shape index (κ2) is 11.3. The van der Waals surface area contributed by atoms with E-state index in [1.807, 2.05) is 37.3 Å². The van der Waals surface area contributed by atoms with Crippen LogP contribution in [0.1, 0.15) is 30.9 Å². The van der Waals surface area contributed by atoms with Crippen LogP contribution in [0.25, 0.3) is 6.08 Å². The molecule has 29 heavy (non-hydrogen) atoms. The lowest BCUT2D eigenvalue weighted by Gasteiger charge is -2.07. The fourth-order valence-electron chi connectivity index (χ4n) is 2.47. The Morgan fingerprint density at radius 3 is 2.59 bits per heavy atom. The van der Waals surface area contributed by atoms with Gasteiger partial charge < -0.3 is 14.2 Å². The highest BCUT2D eigenvalue weighted by Gasteiger charge is 2.10. The molecule has 2 aromatic carbocycles. The van der Waals surface area contributed by atoms with E-state index in [9.17, 15) is 9.59 Å². The molecule has 0 unspecified atom stereocenters. The Labute approximate surface area is 170 Å². The van der Waals surface area contributed by atoms with Gasteiger partial charge in [0.25, 0.3) is 0 Å². The van der Waals surface area contributed by atoms with Crippen LogP contribution in [0.3, 0.4) is 0 Å². The molecule has 0 amide bonds. The smallest absolute Gasteiger partial charge is 0.348 e. The first-order chi connectivity index (χ1) is 14.0. The first kappa shape index (κ1) is 21.7. The van der Waals surface area contributed by atoms with Crippen molar-refractivity contribution in [2.45, 2.75) is 26.7 Å². The summed E-state index contributed by atoms with van der Waals surface area (Å²) in [6.07, 6.45) is 2.12. The van der Waals surface area contributed by atoms with Gasteiger partial charge in [0.05, 0.1) is 13.2 Å². The highest BCUT2D eigenvalue weighted by atomic mass is 16.5. The molecule has 0 N–H and O–H groups in total. The molecule has 150 valence electrons. The predicted molar refractivity (Wildman–Crippen MR) is 108 cm³/mol. The van der Waals surface area contributed by atoms with Crippen LogP contribution in [0.4, 0.5) is 0 Å². The summed E-state index contributed by atoms with van der Waals surface area (Å²) in [5.74, 6) is 0.0353. The molecule has 0 saturated heterocycles. The van der Waals surface area contributed by atoms with E-state index >= 15 is 0 Å². The monoisotopic (exact) mass is 393 g/mol. The van der Waals surface area contributed by atoms with Crippen molar-refractivity contribution in [2.75, 3.05) is 13.2 Å². The zero-order valence-corrected chi connectivity index (χ0v) is 16.5. The summed E-state index contributed by atoms with van der Waals surface area (Å²) >= 11 is 0. The minimum Gasteiger partial charge on any atom is -0.494 e. The van der Waals surface area contributed by atoms with Crippen molar-refractivity contribution in [3.05, 3.63) is 65.2 Å². The van der Waals surface area contributed by atoms with Crippen LogP contribution in [-0.2, 0) is 14.3 Å². The average molecular weight is 393 g/mol. The van der Waals surface area contributed by atoms with Crippen LogP contribution < -0.4 is 9.47 Å². The second-order valence-corrected chi connectivity index (χ2v) is 6.21. The maximum absolute atomic E-state index is 12.0. The van der Waals surface area contributed by atoms with Gasteiger partial charge in [-0.3, -0.25) is 4.79 Å². The number of hydrogen-bond donors (Lipinski definition) is 0. The number of benzene rings is 2. The minimum atomic E-state index is -0.689. The Morgan fingerprint density at radius 2 is 1.86 bits per heavy atom. The lowest BCUT2D eigenvalue weighted by molar-refractivity contribution is -0.138. The molecular formula is C23H23NO5. The molecule has 0 aliphatic heterocycles. The number of carbonyl (C=O) groups excluding carboxylic acids is 2.